The minimum Gasteiger partial charge on any atom is -0.363 e. The van der Waals surface area contributed by atoms with E-state index in [1.54, 1.807) is 12.1 Å². The summed E-state index contributed by atoms with van der Waals surface area (Å²) in [4.78, 5) is 40.6. The Hall–Kier alpha value is -2.70. The average Bonchev–Trinajstić information content (AvgIpc) is 3.36. The van der Waals surface area contributed by atoms with Gasteiger partial charge in [-0.15, -0.1) is 0 Å². The van der Waals surface area contributed by atoms with Gasteiger partial charge in [-0.05, 0) is 56.6 Å². The number of benzene rings is 1. The third-order valence-electron chi connectivity index (χ3n) is 7.00. The largest absolute Gasteiger partial charge is 0.363 e. The van der Waals surface area contributed by atoms with Gasteiger partial charge in [0.05, 0.1) is 22.4 Å². The summed E-state index contributed by atoms with van der Waals surface area (Å²) in [6.07, 6.45) is 8.09. The van der Waals surface area contributed by atoms with Crippen molar-refractivity contribution in [2.24, 2.45) is 23.7 Å². The van der Waals surface area contributed by atoms with Crippen LogP contribution in [-0.2, 0) is 9.59 Å². The van der Waals surface area contributed by atoms with E-state index in [2.05, 4.69) is 11.8 Å². The van der Waals surface area contributed by atoms with Gasteiger partial charge in [0, 0.05) is 18.7 Å². The number of carbonyl (C=O) groups excluding carboxylic acids is 2. The van der Waals surface area contributed by atoms with E-state index in [4.69, 9.17) is 0 Å². The molecule has 2 amide bonds. The fourth-order valence-corrected chi connectivity index (χ4v) is 5.65. The van der Waals surface area contributed by atoms with E-state index < -0.39 is 4.92 Å². The number of imide groups is 1. The first-order valence-electron chi connectivity index (χ1n) is 10.1. The van der Waals surface area contributed by atoms with Gasteiger partial charge in [-0.1, -0.05) is 12.2 Å². The third-order valence-corrected chi connectivity index (χ3v) is 7.00. The third kappa shape index (κ3) is 2.34. The molecule has 2 bridgehead atoms. The molecule has 0 radical (unpaired) electrons. The van der Waals surface area contributed by atoms with Crippen molar-refractivity contribution in [1.82, 2.24) is 0 Å². The summed E-state index contributed by atoms with van der Waals surface area (Å²) >= 11 is 0. The van der Waals surface area contributed by atoms with Gasteiger partial charge in [-0.3, -0.25) is 19.7 Å². The van der Waals surface area contributed by atoms with Crippen molar-refractivity contribution in [3.63, 3.8) is 0 Å². The standard InChI is InChI=1S/C21H23N3O4/c1-12-4-2-3-9-22(12)16-8-7-15(11-17(16)24(27)28)23-20(25)18-13-5-6-14(10-13)19(18)21(23)26/h5-8,11-14,18-19H,2-4,9-10H2,1H3/t12-,13+,14+,18-,19-/m1/s1. The van der Waals surface area contributed by atoms with Crippen molar-refractivity contribution >= 4 is 28.9 Å². The lowest BCUT2D eigenvalue weighted by Crippen LogP contribution is -2.38. The molecule has 0 unspecified atom stereocenters. The monoisotopic (exact) mass is 381 g/mol. The first kappa shape index (κ1) is 17.4. The van der Waals surface area contributed by atoms with Gasteiger partial charge in [0.1, 0.15) is 5.69 Å². The minimum absolute atomic E-state index is 0.0370. The SMILES string of the molecule is C[C@@H]1CCCCN1c1ccc(N2C(=O)[C@H]3[C@H](C2=O)[C@H]2C=C[C@H]3C2)cc1[N+](=O)[O-]. The van der Waals surface area contributed by atoms with E-state index in [1.807, 2.05) is 12.2 Å². The lowest BCUT2D eigenvalue weighted by molar-refractivity contribution is -0.384. The molecule has 2 aliphatic carbocycles. The number of allylic oxidation sites excluding steroid dienone is 2. The maximum atomic E-state index is 13.0. The van der Waals surface area contributed by atoms with Crippen LogP contribution < -0.4 is 9.80 Å². The zero-order valence-corrected chi connectivity index (χ0v) is 15.8. The first-order valence-corrected chi connectivity index (χ1v) is 10.1. The van der Waals surface area contributed by atoms with Gasteiger partial charge < -0.3 is 4.90 Å². The van der Waals surface area contributed by atoms with Crippen molar-refractivity contribution in [1.29, 1.82) is 0 Å². The molecule has 3 fully saturated rings. The summed E-state index contributed by atoms with van der Waals surface area (Å²) in [5, 5.41) is 11.8. The molecular formula is C21H23N3O4. The number of amides is 2. The molecule has 0 N–H and O–H groups in total. The second kappa shape index (κ2) is 6.15. The summed E-state index contributed by atoms with van der Waals surface area (Å²) in [5.41, 5.74) is 0.857. The van der Waals surface area contributed by atoms with Crippen molar-refractivity contribution in [2.45, 2.75) is 38.6 Å². The number of anilines is 2. The molecule has 7 heteroatoms. The van der Waals surface area contributed by atoms with E-state index in [0.717, 1.165) is 32.2 Å². The molecule has 2 aliphatic heterocycles. The number of carbonyl (C=O) groups is 2. The Morgan fingerprint density at radius 2 is 1.75 bits per heavy atom. The van der Waals surface area contributed by atoms with Gasteiger partial charge in [0.25, 0.3) is 5.69 Å². The van der Waals surface area contributed by atoms with Crippen LogP contribution >= 0.6 is 0 Å². The Morgan fingerprint density at radius 3 is 2.36 bits per heavy atom. The summed E-state index contributed by atoms with van der Waals surface area (Å²) in [6.45, 7) is 2.86. The highest BCUT2D eigenvalue weighted by Gasteiger charge is 2.59. The number of rotatable bonds is 3. The maximum absolute atomic E-state index is 13.0. The quantitative estimate of drug-likeness (QED) is 0.347. The smallest absolute Gasteiger partial charge is 0.294 e. The highest BCUT2D eigenvalue weighted by Crippen LogP contribution is 2.53. The van der Waals surface area contributed by atoms with Crippen LogP contribution in [0.25, 0.3) is 0 Å². The number of nitro groups is 1. The molecule has 1 aromatic carbocycles. The van der Waals surface area contributed by atoms with Crippen LogP contribution in [-0.4, -0.2) is 29.3 Å². The second-order valence-corrected chi connectivity index (χ2v) is 8.48. The fourth-order valence-electron chi connectivity index (χ4n) is 5.65. The van der Waals surface area contributed by atoms with Crippen molar-refractivity contribution in [3.05, 3.63) is 40.5 Å². The molecular weight excluding hydrogens is 358 g/mol. The predicted molar refractivity (Wildman–Crippen MR) is 104 cm³/mol. The van der Waals surface area contributed by atoms with Crippen LogP contribution in [0.4, 0.5) is 17.1 Å². The maximum Gasteiger partial charge on any atom is 0.294 e. The van der Waals surface area contributed by atoms with Gasteiger partial charge in [-0.2, -0.15) is 0 Å². The topological polar surface area (TPSA) is 83.8 Å². The van der Waals surface area contributed by atoms with Gasteiger partial charge in [0.2, 0.25) is 11.8 Å². The Labute approximate surface area is 163 Å². The van der Waals surface area contributed by atoms with Crippen molar-refractivity contribution < 1.29 is 14.5 Å². The van der Waals surface area contributed by atoms with Crippen LogP contribution in [0.5, 0.6) is 0 Å². The van der Waals surface area contributed by atoms with Gasteiger partial charge >= 0.3 is 0 Å². The second-order valence-electron chi connectivity index (χ2n) is 8.48. The zero-order chi connectivity index (χ0) is 19.6. The highest BCUT2D eigenvalue weighted by atomic mass is 16.6. The van der Waals surface area contributed by atoms with E-state index in [1.165, 1.54) is 11.0 Å². The molecule has 1 aromatic rings. The number of nitro benzene ring substituents is 1. The molecule has 28 heavy (non-hydrogen) atoms. The minimum atomic E-state index is -0.405. The molecule has 1 saturated carbocycles. The Bertz CT molecular complexity index is 881. The van der Waals surface area contributed by atoms with Crippen LogP contribution in [0, 0.1) is 33.8 Å². The lowest BCUT2D eigenvalue weighted by Gasteiger charge is -2.35. The summed E-state index contributed by atoms with van der Waals surface area (Å²) in [7, 11) is 0. The molecule has 0 spiro atoms. The molecule has 7 nitrogen and oxygen atoms in total. The molecule has 0 aromatic heterocycles. The van der Waals surface area contributed by atoms with E-state index in [0.29, 0.717) is 11.4 Å². The summed E-state index contributed by atoms with van der Waals surface area (Å²) in [6, 6.07) is 5.03. The van der Waals surface area contributed by atoms with Crippen LogP contribution in [0.3, 0.4) is 0 Å². The molecule has 146 valence electrons. The van der Waals surface area contributed by atoms with Crippen molar-refractivity contribution in [3.8, 4) is 0 Å². The van der Waals surface area contributed by atoms with Gasteiger partial charge in [-0.25, -0.2) is 4.90 Å². The fraction of sp³-hybridized carbons (Fsp3) is 0.524. The molecule has 4 aliphatic rings. The summed E-state index contributed by atoms with van der Waals surface area (Å²) < 4.78 is 0. The van der Waals surface area contributed by atoms with Crippen LogP contribution in [0.15, 0.2) is 30.4 Å². The predicted octanol–water partition coefficient (Wildman–Crippen LogP) is 3.29. The zero-order valence-electron chi connectivity index (χ0n) is 15.8. The number of nitrogens with zero attached hydrogens (tertiary/aromatic N) is 3. The van der Waals surface area contributed by atoms with Crippen LogP contribution in [0.1, 0.15) is 32.6 Å². The molecule has 5 atom stereocenters. The number of hydrogen-bond acceptors (Lipinski definition) is 5. The normalized spacial score (nSPS) is 33.7. The first-order chi connectivity index (χ1) is 13.5. The number of piperidine rings is 1. The molecule has 2 heterocycles. The van der Waals surface area contributed by atoms with Crippen LogP contribution in [0.2, 0.25) is 0 Å². The molecule has 2 saturated heterocycles. The summed E-state index contributed by atoms with van der Waals surface area (Å²) in [5.74, 6) is -0.771. The van der Waals surface area contributed by atoms with E-state index in [-0.39, 0.29) is 47.2 Å². The van der Waals surface area contributed by atoms with Crippen molar-refractivity contribution in [2.75, 3.05) is 16.3 Å². The Balaban J connectivity index is 1.51. The number of hydrogen-bond donors (Lipinski definition) is 0. The van der Waals surface area contributed by atoms with E-state index in [9.17, 15) is 19.7 Å². The Kier molecular flexibility index (Phi) is 3.82. The Morgan fingerprint density at radius 1 is 1.07 bits per heavy atom. The average molecular weight is 381 g/mol. The van der Waals surface area contributed by atoms with E-state index >= 15 is 0 Å². The lowest BCUT2D eigenvalue weighted by atomic mass is 9.85. The molecule has 5 rings (SSSR count). The van der Waals surface area contributed by atoms with Gasteiger partial charge in [0.15, 0.2) is 0 Å². The number of fused-ring (bicyclic) bond motifs is 5. The highest BCUT2D eigenvalue weighted by molar-refractivity contribution is 6.23.